The molecule has 6 heteroatoms. The van der Waals surface area contributed by atoms with Gasteiger partial charge < -0.3 is 9.47 Å². The molecule has 1 amide bonds. The van der Waals surface area contributed by atoms with Gasteiger partial charge in [0.15, 0.2) is 11.5 Å². The average molecular weight is 381 g/mol. The van der Waals surface area contributed by atoms with Crippen molar-refractivity contribution in [2.75, 3.05) is 6.79 Å². The monoisotopic (exact) mass is 381 g/mol. The molecule has 0 radical (unpaired) electrons. The highest BCUT2D eigenvalue weighted by Gasteiger charge is 2.31. The maximum Gasteiger partial charge on any atom is 0.266 e. The number of rotatable bonds is 4. The predicted octanol–water partition coefficient (Wildman–Crippen LogP) is 4.37. The Morgan fingerprint density at radius 3 is 2.77 bits per heavy atom. The van der Waals surface area contributed by atoms with E-state index in [0.717, 1.165) is 16.9 Å². The highest BCUT2D eigenvalue weighted by Crippen LogP contribution is 2.35. The van der Waals surface area contributed by atoms with Gasteiger partial charge in [0.2, 0.25) is 6.79 Å². The molecule has 0 aromatic heterocycles. The van der Waals surface area contributed by atoms with Crippen molar-refractivity contribution in [2.24, 2.45) is 0 Å². The van der Waals surface area contributed by atoms with Crippen LogP contribution in [-0.4, -0.2) is 21.9 Å². The lowest BCUT2D eigenvalue weighted by Crippen LogP contribution is -2.27. The van der Waals surface area contributed by atoms with Gasteiger partial charge in [-0.05, 0) is 29.3 Å². The number of benzene rings is 2. The first-order valence-electron chi connectivity index (χ1n) is 8.06. The van der Waals surface area contributed by atoms with Gasteiger partial charge in [0.1, 0.15) is 4.32 Å². The minimum atomic E-state index is -0.0737. The van der Waals surface area contributed by atoms with Crippen LogP contribution < -0.4 is 9.47 Å². The summed E-state index contributed by atoms with van der Waals surface area (Å²) in [4.78, 5) is 14.9. The van der Waals surface area contributed by atoms with E-state index in [2.05, 4.69) is 0 Å². The summed E-state index contributed by atoms with van der Waals surface area (Å²) >= 11 is 6.71. The minimum absolute atomic E-state index is 0.0737. The van der Waals surface area contributed by atoms with Crippen molar-refractivity contribution in [2.45, 2.75) is 6.54 Å². The van der Waals surface area contributed by atoms with Crippen molar-refractivity contribution in [3.05, 3.63) is 76.7 Å². The molecule has 2 heterocycles. The van der Waals surface area contributed by atoms with Crippen LogP contribution >= 0.6 is 24.0 Å². The Hall–Kier alpha value is -2.57. The molecule has 0 N–H and O–H groups in total. The second kappa shape index (κ2) is 7.35. The van der Waals surface area contributed by atoms with E-state index < -0.39 is 0 Å². The van der Waals surface area contributed by atoms with Gasteiger partial charge in [0.25, 0.3) is 5.91 Å². The van der Waals surface area contributed by atoms with E-state index in [9.17, 15) is 4.79 Å². The number of nitrogens with zero attached hydrogens (tertiary/aromatic N) is 1. The van der Waals surface area contributed by atoms with Crippen LogP contribution in [0.15, 0.2) is 65.6 Å². The molecule has 2 aliphatic heterocycles. The number of hydrogen-bond acceptors (Lipinski definition) is 5. The predicted molar refractivity (Wildman–Crippen MR) is 107 cm³/mol. The first-order valence-corrected chi connectivity index (χ1v) is 9.29. The quantitative estimate of drug-likeness (QED) is 0.581. The molecule has 0 saturated carbocycles. The number of hydrogen-bond donors (Lipinski definition) is 0. The van der Waals surface area contributed by atoms with E-state index in [0.29, 0.717) is 21.5 Å². The van der Waals surface area contributed by atoms with Gasteiger partial charge in [-0.3, -0.25) is 9.69 Å². The van der Waals surface area contributed by atoms with Gasteiger partial charge in [0, 0.05) is 0 Å². The SMILES string of the molecule is O=C1/C(=C\C=C\c2ccccc2)SC(=S)N1Cc1ccc2c(c1)OCO2. The number of thiocarbonyl (C=S) groups is 1. The van der Waals surface area contributed by atoms with Crippen LogP contribution in [0.3, 0.4) is 0 Å². The van der Waals surface area contributed by atoms with Crippen LogP contribution in [-0.2, 0) is 11.3 Å². The van der Waals surface area contributed by atoms with E-state index in [1.807, 2.05) is 66.8 Å². The molecule has 1 fully saturated rings. The summed E-state index contributed by atoms with van der Waals surface area (Å²) in [5.74, 6) is 1.36. The summed E-state index contributed by atoms with van der Waals surface area (Å²) in [6, 6.07) is 15.6. The third-order valence-corrected chi connectivity index (χ3v) is 5.38. The Kier molecular flexibility index (Phi) is 4.77. The van der Waals surface area contributed by atoms with Gasteiger partial charge >= 0.3 is 0 Å². The maximum absolute atomic E-state index is 12.7. The van der Waals surface area contributed by atoms with Crippen molar-refractivity contribution in [3.63, 3.8) is 0 Å². The first kappa shape index (κ1) is 16.9. The lowest BCUT2D eigenvalue weighted by atomic mass is 10.2. The standard InChI is InChI=1S/C20H15NO3S2/c22-19-18(8-4-7-14-5-2-1-3-6-14)26-20(25)21(19)12-15-9-10-16-17(11-15)24-13-23-16/h1-11H,12-13H2/b7-4+,18-8+. The smallest absolute Gasteiger partial charge is 0.266 e. The molecule has 0 unspecified atom stereocenters. The summed E-state index contributed by atoms with van der Waals surface area (Å²) < 4.78 is 11.3. The number of ether oxygens (including phenoxy) is 2. The number of fused-ring (bicyclic) bond motifs is 1. The molecule has 2 aromatic rings. The number of amides is 1. The molecule has 26 heavy (non-hydrogen) atoms. The molecule has 2 aliphatic rings. The van der Waals surface area contributed by atoms with Crippen molar-refractivity contribution < 1.29 is 14.3 Å². The number of carbonyl (C=O) groups excluding carboxylic acids is 1. The zero-order chi connectivity index (χ0) is 17.9. The van der Waals surface area contributed by atoms with E-state index >= 15 is 0 Å². The lowest BCUT2D eigenvalue weighted by molar-refractivity contribution is -0.122. The van der Waals surface area contributed by atoms with E-state index in [1.54, 1.807) is 4.90 Å². The fraction of sp³-hybridized carbons (Fsp3) is 0.100. The molecule has 130 valence electrons. The third kappa shape index (κ3) is 3.52. The molecule has 4 nitrogen and oxygen atoms in total. The summed E-state index contributed by atoms with van der Waals surface area (Å²) in [5.41, 5.74) is 2.03. The zero-order valence-corrected chi connectivity index (χ0v) is 15.4. The molecule has 0 atom stereocenters. The van der Waals surface area contributed by atoms with E-state index in [-0.39, 0.29) is 12.7 Å². The Morgan fingerprint density at radius 2 is 1.92 bits per heavy atom. The molecular formula is C20H15NO3S2. The molecule has 1 saturated heterocycles. The Labute approximate surface area is 161 Å². The van der Waals surface area contributed by atoms with Crippen LogP contribution in [0.4, 0.5) is 0 Å². The summed E-state index contributed by atoms with van der Waals surface area (Å²) in [7, 11) is 0. The first-order chi connectivity index (χ1) is 12.7. The van der Waals surface area contributed by atoms with Crippen LogP contribution in [0.25, 0.3) is 6.08 Å². The maximum atomic E-state index is 12.7. The average Bonchev–Trinajstić information content (AvgIpc) is 3.22. The summed E-state index contributed by atoms with van der Waals surface area (Å²) in [6.07, 6.45) is 5.65. The zero-order valence-electron chi connectivity index (χ0n) is 13.8. The largest absolute Gasteiger partial charge is 0.454 e. The van der Waals surface area contributed by atoms with Crippen LogP contribution in [0.5, 0.6) is 11.5 Å². The molecule has 4 rings (SSSR count). The molecule has 0 spiro atoms. The molecule has 0 aliphatic carbocycles. The Balaban J connectivity index is 1.47. The van der Waals surface area contributed by atoms with Gasteiger partial charge in [-0.2, -0.15) is 0 Å². The van der Waals surface area contributed by atoms with Gasteiger partial charge in [-0.15, -0.1) is 0 Å². The van der Waals surface area contributed by atoms with Gasteiger partial charge in [-0.25, -0.2) is 0 Å². The fourth-order valence-corrected chi connectivity index (χ4v) is 3.89. The second-order valence-electron chi connectivity index (χ2n) is 5.75. The molecule has 0 bridgehead atoms. The van der Waals surface area contributed by atoms with Gasteiger partial charge in [-0.1, -0.05) is 72.5 Å². The number of carbonyl (C=O) groups is 1. The van der Waals surface area contributed by atoms with Crippen molar-refractivity contribution >= 4 is 40.3 Å². The number of allylic oxidation sites excluding steroid dienone is 2. The minimum Gasteiger partial charge on any atom is -0.454 e. The fourth-order valence-electron chi connectivity index (χ4n) is 2.68. The van der Waals surface area contributed by atoms with Crippen LogP contribution in [0.1, 0.15) is 11.1 Å². The lowest BCUT2D eigenvalue weighted by Gasteiger charge is -2.14. The van der Waals surface area contributed by atoms with Crippen molar-refractivity contribution in [1.82, 2.24) is 4.90 Å². The highest BCUT2D eigenvalue weighted by atomic mass is 32.2. The third-order valence-electron chi connectivity index (χ3n) is 3.99. The Morgan fingerprint density at radius 1 is 1.12 bits per heavy atom. The highest BCUT2D eigenvalue weighted by molar-refractivity contribution is 8.26. The van der Waals surface area contributed by atoms with Crippen LogP contribution in [0.2, 0.25) is 0 Å². The summed E-state index contributed by atoms with van der Waals surface area (Å²) in [5, 5.41) is 0. The van der Waals surface area contributed by atoms with Gasteiger partial charge in [0.05, 0.1) is 11.4 Å². The van der Waals surface area contributed by atoms with Crippen LogP contribution in [0, 0.1) is 0 Å². The number of thioether (sulfide) groups is 1. The topological polar surface area (TPSA) is 38.8 Å². The second-order valence-corrected chi connectivity index (χ2v) is 7.42. The van der Waals surface area contributed by atoms with Crippen molar-refractivity contribution in [1.29, 1.82) is 0 Å². The molecule has 2 aromatic carbocycles. The summed E-state index contributed by atoms with van der Waals surface area (Å²) in [6.45, 7) is 0.650. The molecular weight excluding hydrogens is 366 g/mol. The van der Waals surface area contributed by atoms with E-state index in [1.165, 1.54) is 11.8 Å². The Bertz CT molecular complexity index is 922. The van der Waals surface area contributed by atoms with Crippen molar-refractivity contribution in [3.8, 4) is 11.5 Å². The normalized spacial score (nSPS) is 17.7. The van der Waals surface area contributed by atoms with E-state index in [4.69, 9.17) is 21.7 Å².